The third kappa shape index (κ3) is 3.28. The summed E-state index contributed by atoms with van der Waals surface area (Å²) < 4.78 is 4.82. The van der Waals surface area contributed by atoms with Crippen LogP contribution in [0, 0.1) is 11.8 Å². The Morgan fingerprint density at radius 2 is 1.91 bits per heavy atom. The average molecular weight is 324 g/mol. The first-order chi connectivity index (χ1) is 11.0. The number of likely N-dealkylation sites (tertiary alicyclic amines) is 1. The Balaban J connectivity index is 1.51. The van der Waals surface area contributed by atoms with Gasteiger partial charge in [-0.15, -0.1) is 0 Å². The molecule has 0 aromatic rings. The second kappa shape index (κ2) is 6.37. The quantitative estimate of drug-likeness (QED) is 0.787. The van der Waals surface area contributed by atoms with E-state index in [1.54, 1.807) is 0 Å². The molecule has 2 fully saturated rings. The van der Waals surface area contributed by atoms with Gasteiger partial charge in [0.1, 0.15) is 5.60 Å². The van der Waals surface area contributed by atoms with E-state index in [9.17, 15) is 9.59 Å². The molecule has 0 aromatic heterocycles. The first-order valence-corrected chi connectivity index (χ1v) is 8.34. The van der Waals surface area contributed by atoms with Crippen LogP contribution in [0.1, 0.15) is 44.9 Å². The molecule has 1 saturated heterocycles. The Labute approximate surface area is 135 Å². The molecule has 0 bridgehead atoms. The third-order valence-electron chi connectivity index (χ3n) is 5.54. The van der Waals surface area contributed by atoms with Crippen molar-refractivity contribution in [3.8, 4) is 0 Å². The fourth-order valence-corrected chi connectivity index (χ4v) is 3.97. The minimum Gasteiger partial charge on any atom is -0.469 e. The van der Waals surface area contributed by atoms with Crippen molar-refractivity contribution in [3.05, 3.63) is 0 Å². The van der Waals surface area contributed by atoms with Crippen LogP contribution in [0.5, 0.6) is 0 Å². The van der Waals surface area contributed by atoms with E-state index in [2.05, 4.69) is 5.16 Å². The minimum absolute atomic E-state index is 0.0203. The van der Waals surface area contributed by atoms with E-state index >= 15 is 0 Å². The number of carbonyl (C=O) groups is 2. The van der Waals surface area contributed by atoms with Crippen molar-refractivity contribution in [3.63, 3.8) is 0 Å². The van der Waals surface area contributed by atoms with Crippen molar-refractivity contribution < 1.29 is 24.3 Å². The number of oxime groups is 1. The van der Waals surface area contributed by atoms with Crippen LogP contribution in [0.25, 0.3) is 0 Å². The lowest BCUT2D eigenvalue weighted by Crippen LogP contribution is -2.46. The highest BCUT2D eigenvalue weighted by atomic mass is 16.7. The van der Waals surface area contributed by atoms with Crippen LogP contribution in [0.3, 0.4) is 0 Å². The second-order valence-corrected chi connectivity index (χ2v) is 6.88. The normalized spacial score (nSPS) is 29.8. The van der Waals surface area contributed by atoms with Gasteiger partial charge in [0, 0.05) is 38.3 Å². The van der Waals surface area contributed by atoms with E-state index in [4.69, 9.17) is 14.7 Å². The van der Waals surface area contributed by atoms with Crippen LogP contribution in [0.2, 0.25) is 0 Å². The molecule has 1 aliphatic carbocycles. The van der Waals surface area contributed by atoms with Gasteiger partial charge in [-0.2, -0.15) is 0 Å². The number of carboxylic acid groups (broad SMARTS) is 1. The monoisotopic (exact) mass is 324 g/mol. The molecule has 3 aliphatic rings. The van der Waals surface area contributed by atoms with Crippen molar-refractivity contribution >= 4 is 17.8 Å². The number of esters is 1. The van der Waals surface area contributed by atoms with Gasteiger partial charge >= 0.3 is 12.1 Å². The lowest BCUT2D eigenvalue weighted by molar-refractivity contribution is -0.146. The summed E-state index contributed by atoms with van der Waals surface area (Å²) in [5.41, 5.74) is 0.789. The fraction of sp³-hybridized carbons (Fsp3) is 0.812. The van der Waals surface area contributed by atoms with E-state index in [-0.39, 0.29) is 17.5 Å². The maximum atomic E-state index is 11.6. The van der Waals surface area contributed by atoms with E-state index in [1.807, 2.05) is 0 Å². The standard InChI is InChI=1S/C16H24N2O5/c1-22-14(19)12-4-2-11(3-5-12)13-10-16(23-17-13)6-8-18(9-7-16)15(20)21/h11-12H,2-10H2,1H3,(H,20,21). The second-order valence-electron chi connectivity index (χ2n) is 6.88. The highest BCUT2D eigenvalue weighted by Crippen LogP contribution is 2.40. The molecule has 1 amide bonds. The maximum absolute atomic E-state index is 11.6. The Hall–Kier alpha value is -1.79. The van der Waals surface area contributed by atoms with Crippen molar-refractivity contribution in [2.75, 3.05) is 20.2 Å². The molecule has 1 N–H and O–H groups in total. The van der Waals surface area contributed by atoms with Crippen LogP contribution in [0.15, 0.2) is 5.16 Å². The Morgan fingerprint density at radius 1 is 1.26 bits per heavy atom. The number of piperidine rings is 1. The fourth-order valence-electron chi connectivity index (χ4n) is 3.97. The van der Waals surface area contributed by atoms with Crippen LogP contribution < -0.4 is 0 Å². The molecule has 0 radical (unpaired) electrons. The van der Waals surface area contributed by atoms with Gasteiger partial charge in [-0.25, -0.2) is 4.79 Å². The van der Waals surface area contributed by atoms with E-state index in [0.717, 1.165) is 37.8 Å². The summed E-state index contributed by atoms with van der Waals surface area (Å²) in [6.07, 6.45) is 4.91. The predicted molar refractivity (Wildman–Crippen MR) is 82.2 cm³/mol. The van der Waals surface area contributed by atoms with Crippen LogP contribution in [0.4, 0.5) is 4.79 Å². The zero-order valence-corrected chi connectivity index (χ0v) is 13.5. The first-order valence-electron chi connectivity index (χ1n) is 8.34. The molecule has 128 valence electrons. The smallest absolute Gasteiger partial charge is 0.407 e. The topological polar surface area (TPSA) is 88.4 Å². The predicted octanol–water partition coefficient (Wildman–Crippen LogP) is 2.25. The number of rotatable bonds is 2. The molecule has 2 heterocycles. The van der Waals surface area contributed by atoms with E-state index in [0.29, 0.717) is 31.8 Å². The average Bonchev–Trinajstić information content (AvgIpc) is 2.98. The van der Waals surface area contributed by atoms with Gasteiger partial charge in [0.05, 0.1) is 18.7 Å². The number of hydrogen-bond donors (Lipinski definition) is 1. The Kier molecular flexibility index (Phi) is 4.46. The van der Waals surface area contributed by atoms with Gasteiger partial charge in [0.25, 0.3) is 0 Å². The summed E-state index contributed by atoms with van der Waals surface area (Å²) in [6, 6.07) is 0. The number of carbonyl (C=O) groups excluding carboxylic acids is 1. The molecule has 0 atom stereocenters. The molecule has 0 unspecified atom stereocenters. The van der Waals surface area contributed by atoms with Gasteiger partial charge in [-0.05, 0) is 25.7 Å². The number of ether oxygens (including phenoxy) is 1. The number of methoxy groups -OCH3 is 1. The first kappa shape index (κ1) is 16.1. The molecule has 3 rings (SSSR count). The molecular weight excluding hydrogens is 300 g/mol. The highest BCUT2D eigenvalue weighted by molar-refractivity contribution is 5.88. The van der Waals surface area contributed by atoms with Gasteiger partial charge in [-0.3, -0.25) is 4.79 Å². The van der Waals surface area contributed by atoms with Crippen molar-refractivity contribution in [2.24, 2.45) is 17.0 Å². The number of amides is 1. The van der Waals surface area contributed by atoms with Crippen molar-refractivity contribution in [2.45, 2.75) is 50.5 Å². The molecule has 1 saturated carbocycles. The molecule has 7 heteroatoms. The van der Waals surface area contributed by atoms with E-state index in [1.165, 1.54) is 12.0 Å². The zero-order chi connectivity index (χ0) is 16.4. The van der Waals surface area contributed by atoms with Gasteiger partial charge in [0.15, 0.2) is 0 Å². The molecule has 1 spiro atoms. The summed E-state index contributed by atoms with van der Waals surface area (Å²) in [7, 11) is 1.44. The lowest BCUT2D eigenvalue weighted by Gasteiger charge is -2.36. The molecule has 7 nitrogen and oxygen atoms in total. The molecule has 0 aromatic carbocycles. The number of nitrogens with zero attached hydrogens (tertiary/aromatic N) is 2. The van der Waals surface area contributed by atoms with Crippen molar-refractivity contribution in [1.29, 1.82) is 0 Å². The Morgan fingerprint density at radius 3 is 2.48 bits per heavy atom. The summed E-state index contributed by atoms with van der Waals surface area (Å²) in [6.45, 7) is 1.01. The maximum Gasteiger partial charge on any atom is 0.407 e. The Bertz CT molecular complexity index is 503. The summed E-state index contributed by atoms with van der Waals surface area (Å²) in [4.78, 5) is 29.8. The zero-order valence-electron chi connectivity index (χ0n) is 13.5. The molecule has 23 heavy (non-hydrogen) atoms. The lowest BCUT2D eigenvalue weighted by atomic mass is 9.76. The number of hydrogen-bond acceptors (Lipinski definition) is 5. The van der Waals surface area contributed by atoms with Gasteiger partial charge in [-0.1, -0.05) is 5.16 Å². The molecule has 2 aliphatic heterocycles. The van der Waals surface area contributed by atoms with Gasteiger partial charge < -0.3 is 19.6 Å². The van der Waals surface area contributed by atoms with Crippen molar-refractivity contribution in [1.82, 2.24) is 4.90 Å². The SMILES string of the molecule is COC(=O)C1CCC(C2=NOC3(CCN(C(=O)O)CC3)C2)CC1. The largest absolute Gasteiger partial charge is 0.469 e. The third-order valence-corrected chi connectivity index (χ3v) is 5.54. The highest BCUT2D eigenvalue weighted by Gasteiger charge is 2.45. The minimum atomic E-state index is -0.861. The van der Waals surface area contributed by atoms with Crippen LogP contribution >= 0.6 is 0 Å². The van der Waals surface area contributed by atoms with Gasteiger partial charge in [0.2, 0.25) is 0 Å². The summed E-state index contributed by atoms with van der Waals surface area (Å²) >= 11 is 0. The molecular formula is C16H24N2O5. The summed E-state index contributed by atoms with van der Waals surface area (Å²) in [5, 5.41) is 13.4. The van der Waals surface area contributed by atoms with Crippen LogP contribution in [-0.2, 0) is 14.4 Å². The summed E-state index contributed by atoms with van der Waals surface area (Å²) in [5.74, 6) is 0.297. The van der Waals surface area contributed by atoms with Crippen LogP contribution in [-0.4, -0.2) is 53.6 Å². The van der Waals surface area contributed by atoms with E-state index < -0.39 is 6.09 Å².